The molecule has 0 fully saturated rings. The maximum absolute atomic E-state index is 5.84. The Bertz CT molecular complexity index is 698. The number of nitrogens with zero attached hydrogens (tertiary/aromatic N) is 2. The number of hydrogen-bond acceptors (Lipinski definition) is 2. The van der Waals surface area contributed by atoms with E-state index in [1.165, 1.54) is 0 Å². The number of anilines is 1. The minimum atomic E-state index is 0.766. The molecule has 2 N–H and O–H groups in total. The molecule has 90 valence electrons. The summed E-state index contributed by atoms with van der Waals surface area (Å²) in [6, 6.07) is 16.1. The summed E-state index contributed by atoms with van der Waals surface area (Å²) in [7, 11) is 0. The summed E-state index contributed by atoms with van der Waals surface area (Å²) in [4.78, 5) is 4.70. The van der Waals surface area contributed by atoms with Gasteiger partial charge >= 0.3 is 0 Å². The van der Waals surface area contributed by atoms with E-state index in [1.807, 2.05) is 42.5 Å². The Kier molecular flexibility index (Phi) is 2.52. The van der Waals surface area contributed by atoms with Crippen molar-refractivity contribution < 1.29 is 0 Å². The summed E-state index contributed by atoms with van der Waals surface area (Å²) < 4.78 is 2.21. The van der Waals surface area contributed by atoms with E-state index >= 15 is 0 Å². The highest BCUT2D eigenvalue weighted by molar-refractivity contribution is 5.81. The SMILES string of the molecule is CCn1c(-c2cccc(N)c2)nc2ccccc21. The van der Waals surface area contributed by atoms with Crippen LogP contribution in [-0.4, -0.2) is 9.55 Å². The highest BCUT2D eigenvalue weighted by Gasteiger charge is 2.10. The van der Waals surface area contributed by atoms with Crippen LogP contribution < -0.4 is 5.73 Å². The van der Waals surface area contributed by atoms with Gasteiger partial charge < -0.3 is 10.3 Å². The van der Waals surface area contributed by atoms with Crippen molar-refractivity contribution in [2.24, 2.45) is 0 Å². The Morgan fingerprint density at radius 2 is 1.94 bits per heavy atom. The molecule has 0 saturated carbocycles. The van der Waals surface area contributed by atoms with Crippen molar-refractivity contribution in [3.63, 3.8) is 0 Å². The number of aryl methyl sites for hydroxylation is 1. The second kappa shape index (κ2) is 4.18. The number of fused-ring (bicyclic) bond motifs is 1. The van der Waals surface area contributed by atoms with Crippen LogP contribution >= 0.6 is 0 Å². The molecule has 3 aromatic rings. The summed E-state index contributed by atoms with van der Waals surface area (Å²) in [5.74, 6) is 0.978. The maximum atomic E-state index is 5.84. The molecule has 3 heteroatoms. The first kappa shape index (κ1) is 10.8. The zero-order valence-corrected chi connectivity index (χ0v) is 10.3. The monoisotopic (exact) mass is 237 g/mol. The minimum Gasteiger partial charge on any atom is -0.399 e. The fourth-order valence-corrected chi connectivity index (χ4v) is 2.29. The summed E-state index contributed by atoms with van der Waals surface area (Å²) >= 11 is 0. The van der Waals surface area contributed by atoms with Gasteiger partial charge in [0.25, 0.3) is 0 Å². The van der Waals surface area contributed by atoms with Crippen LogP contribution in [0.5, 0.6) is 0 Å². The van der Waals surface area contributed by atoms with E-state index in [0.717, 1.165) is 34.7 Å². The van der Waals surface area contributed by atoms with Crippen LogP contribution in [0.2, 0.25) is 0 Å². The van der Waals surface area contributed by atoms with E-state index in [2.05, 4.69) is 17.6 Å². The first-order valence-corrected chi connectivity index (χ1v) is 6.11. The molecule has 0 aliphatic rings. The number of para-hydroxylation sites is 2. The summed E-state index contributed by atoms with van der Waals surface area (Å²) in [6.45, 7) is 3.02. The van der Waals surface area contributed by atoms with Crippen molar-refractivity contribution in [2.45, 2.75) is 13.5 Å². The molecule has 0 unspecified atom stereocenters. The molecular formula is C15H15N3. The highest BCUT2D eigenvalue weighted by Crippen LogP contribution is 2.25. The lowest BCUT2D eigenvalue weighted by molar-refractivity contribution is 0.796. The molecule has 1 heterocycles. The van der Waals surface area contributed by atoms with Crippen LogP contribution in [0, 0.1) is 0 Å². The first-order valence-electron chi connectivity index (χ1n) is 6.11. The zero-order valence-electron chi connectivity index (χ0n) is 10.3. The van der Waals surface area contributed by atoms with Gasteiger partial charge in [0.2, 0.25) is 0 Å². The van der Waals surface area contributed by atoms with Crippen molar-refractivity contribution in [1.29, 1.82) is 0 Å². The summed E-state index contributed by atoms with van der Waals surface area (Å²) in [5.41, 5.74) is 9.86. The predicted octanol–water partition coefficient (Wildman–Crippen LogP) is 3.31. The molecule has 3 rings (SSSR count). The predicted molar refractivity (Wildman–Crippen MR) is 75.3 cm³/mol. The molecule has 0 aliphatic carbocycles. The number of nitrogen functional groups attached to an aromatic ring is 1. The molecule has 3 nitrogen and oxygen atoms in total. The Morgan fingerprint density at radius 1 is 1.11 bits per heavy atom. The number of rotatable bonds is 2. The van der Waals surface area contributed by atoms with E-state index in [4.69, 9.17) is 10.7 Å². The molecule has 0 amide bonds. The van der Waals surface area contributed by atoms with Crippen LogP contribution in [0.25, 0.3) is 22.4 Å². The molecular weight excluding hydrogens is 222 g/mol. The molecule has 0 bridgehead atoms. The van der Waals surface area contributed by atoms with Crippen LogP contribution in [0.4, 0.5) is 5.69 Å². The van der Waals surface area contributed by atoms with Crippen LogP contribution in [0.3, 0.4) is 0 Å². The Labute approximate surface area is 106 Å². The zero-order chi connectivity index (χ0) is 12.5. The van der Waals surface area contributed by atoms with E-state index in [9.17, 15) is 0 Å². The quantitative estimate of drug-likeness (QED) is 0.695. The lowest BCUT2D eigenvalue weighted by atomic mass is 10.2. The van der Waals surface area contributed by atoms with Crippen molar-refractivity contribution in [3.8, 4) is 11.4 Å². The van der Waals surface area contributed by atoms with Gasteiger partial charge in [0.1, 0.15) is 5.82 Å². The van der Waals surface area contributed by atoms with Gasteiger partial charge in [0.05, 0.1) is 11.0 Å². The number of nitrogens with two attached hydrogens (primary N) is 1. The Morgan fingerprint density at radius 3 is 2.72 bits per heavy atom. The van der Waals surface area contributed by atoms with Gasteiger partial charge in [0.15, 0.2) is 0 Å². The molecule has 1 aromatic heterocycles. The van der Waals surface area contributed by atoms with Crippen molar-refractivity contribution in [3.05, 3.63) is 48.5 Å². The molecule has 2 aromatic carbocycles. The lowest BCUT2D eigenvalue weighted by Gasteiger charge is -2.06. The fourth-order valence-electron chi connectivity index (χ4n) is 2.29. The van der Waals surface area contributed by atoms with Gasteiger partial charge in [-0.15, -0.1) is 0 Å². The van der Waals surface area contributed by atoms with Gasteiger partial charge in [-0.25, -0.2) is 4.98 Å². The Balaban J connectivity index is 2.28. The molecule has 18 heavy (non-hydrogen) atoms. The van der Waals surface area contributed by atoms with Crippen molar-refractivity contribution >= 4 is 16.7 Å². The molecule has 0 atom stereocenters. The van der Waals surface area contributed by atoms with E-state index < -0.39 is 0 Å². The third kappa shape index (κ3) is 1.64. The summed E-state index contributed by atoms with van der Waals surface area (Å²) in [6.07, 6.45) is 0. The standard InChI is InChI=1S/C15H15N3/c1-2-18-14-9-4-3-8-13(14)17-15(18)11-6-5-7-12(16)10-11/h3-10H,2,16H2,1H3. The first-order chi connectivity index (χ1) is 8.79. The van der Waals surface area contributed by atoms with Gasteiger partial charge in [-0.05, 0) is 31.2 Å². The van der Waals surface area contributed by atoms with Gasteiger partial charge in [-0.2, -0.15) is 0 Å². The second-order valence-electron chi connectivity index (χ2n) is 4.29. The average Bonchev–Trinajstić information content (AvgIpc) is 2.77. The Hall–Kier alpha value is -2.29. The smallest absolute Gasteiger partial charge is 0.141 e. The average molecular weight is 237 g/mol. The normalized spacial score (nSPS) is 10.9. The van der Waals surface area contributed by atoms with Crippen molar-refractivity contribution in [1.82, 2.24) is 9.55 Å². The van der Waals surface area contributed by atoms with Gasteiger partial charge in [-0.1, -0.05) is 24.3 Å². The third-order valence-corrected chi connectivity index (χ3v) is 3.12. The molecule has 0 saturated heterocycles. The molecule has 0 aliphatic heterocycles. The van der Waals surface area contributed by atoms with Crippen LogP contribution in [0.1, 0.15) is 6.92 Å². The largest absolute Gasteiger partial charge is 0.399 e. The third-order valence-electron chi connectivity index (χ3n) is 3.12. The summed E-state index contributed by atoms with van der Waals surface area (Å²) in [5, 5.41) is 0. The molecule has 0 radical (unpaired) electrons. The van der Waals surface area contributed by atoms with Crippen molar-refractivity contribution in [2.75, 3.05) is 5.73 Å². The second-order valence-corrected chi connectivity index (χ2v) is 4.29. The maximum Gasteiger partial charge on any atom is 0.141 e. The van der Waals surface area contributed by atoms with E-state index in [1.54, 1.807) is 0 Å². The highest BCUT2D eigenvalue weighted by atomic mass is 15.1. The fraction of sp³-hybridized carbons (Fsp3) is 0.133. The van der Waals surface area contributed by atoms with Crippen LogP contribution in [-0.2, 0) is 6.54 Å². The number of benzene rings is 2. The number of hydrogen-bond donors (Lipinski definition) is 1. The molecule has 0 spiro atoms. The van der Waals surface area contributed by atoms with Crippen LogP contribution in [0.15, 0.2) is 48.5 Å². The van der Waals surface area contributed by atoms with E-state index in [-0.39, 0.29) is 0 Å². The van der Waals surface area contributed by atoms with E-state index in [0.29, 0.717) is 0 Å². The van der Waals surface area contributed by atoms with Gasteiger partial charge in [0, 0.05) is 17.8 Å². The lowest BCUT2D eigenvalue weighted by Crippen LogP contribution is -1.97. The topological polar surface area (TPSA) is 43.8 Å². The van der Waals surface area contributed by atoms with Gasteiger partial charge in [-0.3, -0.25) is 0 Å². The minimum absolute atomic E-state index is 0.766. The number of aromatic nitrogens is 2. The number of imidazole rings is 1.